The summed E-state index contributed by atoms with van der Waals surface area (Å²) in [6.07, 6.45) is 1.65. The average Bonchev–Trinajstić information content (AvgIpc) is 3.44. The Balaban J connectivity index is 1.36. The highest BCUT2D eigenvalue weighted by molar-refractivity contribution is 7.89. The lowest BCUT2D eigenvalue weighted by molar-refractivity contribution is -0.152. The van der Waals surface area contributed by atoms with E-state index in [0.29, 0.717) is 17.0 Å². The molecule has 0 spiro atoms. The maximum absolute atomic E-state index is 11.7. The van der Waals surface area contributed by atoms with Gasteiger partial charge in [0.05, 0.1) is 35.9 Å². The van der Waals surface area contributed by atoms with Gasteiger partial charge in [0.25, 0.3) is 0 Å². The van der Waals surface area contributed by atoms with Gasteiger partial charge in [-0.25, -0.2) is 18.5 Å². The number of oxime groups is 1. The molecule has 1 fully saturated rings. The van der Waals surface area contributed by atoms with Gasteiger partial charge >= 0.3 is 0 Å². The van der Waals surface area contributed by atoms with Crippen LogP contribution in [-0.4, -0.2) is 50.2 Å². The fraction of sp³-hybridized carbons (Fsp3) is 0.312. The summed E-state index contributed by atoms with van der Waals surface area (Å²) in [5.41, 5.74) is 3.49. The average molecular weight is 606 g/mol. The van der Waals surface area contributed by atoms with Gasteiger partial charge in [-0.2, -0.15) is 0 Å². The number of oxazole rings is 1. The Morgan fingerprint density at radius 3 is 2.35 bits per heavy atom. The van der Waals surface area contributed by atoms with E-state index in [-0.39, 0.29) is 41.9 Å². The highest BCUT2D eigenvalue weighted by Gasteiger charge is 2.40. The number of hydrogen-bond donors (Lipinski definition) is 2. The number of nitrogens with zero attached hydrogens (tertiary/aromatic N) is 2. The van der Waals surface area contributed by atoms with Crippen molar-refractivity contribution in [1.82, 2.24) is 4.98 Å². The Kier molecular flexibility index (Phi) is 9.09. The zero-order valence-electron chi connectivity index (χ0n) is 24.3. The molecule has 0 aliphatic carbocycles. The number of sulfonamides is 1. The van der Waals surface area contributed by atoms with Crippen molar-refractivity contribution in [3.8, 4) is 22.6 Å². The topological polar surface area (TPSA) is 146 Å². The second-order valence-corrected chi connectivity index (χ2v) is 12.3. The van der Waals surface area contributed by atoms with Crippen LogP contribution in [0.1, 0.15) is 43.7 Å². The van der Waals surface area contributed by atoms with Gasteiger partial charge in [0.15, 0.2) is 11.5 Å². The number of hydrogen-bond acceptors (Lipinski definition) is 9. The van der Waals surface area contributed by atoms with Gasteiger partial charge < -0.3 is 23.8 Å². The molecule has 0 saturated carbocycles. The van der Waals surface area contributed by atoms with Crippen LogP contribution in [0.2, 0.25) is 0 Å². The quantitative estimate of drug-likeness (QED) is 0.137. The predicted octanol–water partition coefficient (Wildman–Crippen LogP) is 5.48. The number of rotatable bonds is 10. The molecular formula is C32H35N3O7S. The minimum atomic E-state index is -3.86. The smallest absolute Gasteiger partial charge is 0.247 e. The van der Waals surface area contributed by atoms with Gasteiger partial charge in [-0.05, 0) is 49.2 Å². The van der Waals surface area contributed by atoms with Crippen LogP contribution in [0.25, 0.3) is 22.6 Å². The first-order valence-electron chi connectivity index (χ1n) is 13.9. The SMILES string of the molecule is COC1(c2cccc(COC/C(=N/O)c3nc(-c4ccccc4)c(-c4ccc(S(N)(=O)=O)cc4)o3)c2)CC(C)OC(C)C1. The molecule has 3 aromatic carbocycles. The minimum Gasteiger partial charge on any atom is -0.434 e. The van der Waals surface area contributed by atoms with Crippen molar-refractivity contribution in [2.45, 2.75) is 56.0 Å². The molecule has 2 unspecified atom stereocenters. The number of ether oxygens (including phenoxy) is 3. The largest absolute Gasteiger partial charge is 0.434 e. The number of nitrogens with two attached hydrogens (primary N) is 1. The normalized spacial score (nSPS) is 21.2. The molecule has 11 heteroatoms. The van der Waals surface area contributed by atoms with Crippen LogP contribution in [0, 0.1) is 0 Å². The molecule has 0 radical (unpaired) electrons. The highest BCUT2D eigenvalue weighted by Crippen LogP contribution is 2.40. The van der Waals surface area contributed by atoms with E-state index in [4.69, 9.17) is 23.8 Å². The molecule has 1 saturated heterocycles. The van der Waals surface area contributed by atoms with Crippen molar-refractivity contribution in [2.24, 2.45) is 10.3 Å². The van der Waals surface area contributed by atoms with Gasteiger partial charge in [-0.3, -0.25) is 0 Å². The molecule has 4 aromatic rings. The Hall–Kier alpha value is -3.87. The van der Waals surface area contributed by atoms with E-state index >= 15 is 0 Å². The van der Waals surface area contributed by atoms with Gasteiger partial charge in [0.2, 0.25) is 15.9 Å². The minimum absolute atomic E-state index is 0.0235. The molecule has 3 N–H and O–H groups in total. The van der Waals surface area contributed by atoms with Crippen molar-refractivity contribution >= 4 is 15.7 Å². The zero-order valence-corrected chi connectivity index (χ0v) is 25.1. The maximum atomic E-state index is 11.7. The Morgan fingerprint density at radius 2 is 1.72 bits per heavy atom. The summed E-state index contributed by atoms with van der Waals surface area (Å²) >= 11 is 0. The van der Waals surface area contributed by atoms with E-state index < -0.39 is 15.6 Å². The molecular weight excluding hydrogens is 570 g/mol. The second-order valence-electron chi connectivity index (χ2n) is 10.7. The molecule has 1 aromatic heterocycles. The first-order chi connectivity index (χ1) is 20.6. The summed E-state index contributed by atoms with van der Waals surface area (Å²) in [6, 6.07) is 23.4. The van der Waals surface area contributed by atoms with Gasteiger partial charge in [-0.1, -0.05) is 59.8 Å². The standard InChI is InChI=1S/C32H35N3O7S/c1-21-17-32(39-3,18-22(2)41-21)26-11-7-8-23(16-26)19-40-20-28(35-36)31-34-29(24-9-5-4-6-10-24)30(42-31)25-12-14-27(15-13-25)43(33,37)38/h4-16,21-22,36H,17-20H2,1-3H3,(H2,33,37,38)/b35-28-. The Morgan fingerprint density at radius 1 is 1.02 bits per heavy atom. The van der Waals surface area contributed by atoms with Crippen LogP contribution in [-0.2, 0) is 36.4 Å². The van der Waals surface area contributed by atoms with E-state index in [0.717, 1.165) is 29.5 Å². The van der Waals surface area contributed by atoms with Crippen LogP contribution in [0.15, 0.2) is 93.3 Å². The molecule has 10 nitrogen and oxygen atoms in total. The van der Waals surface area contributed by atoms with Crippen molar-refractivity contribution in [2.75, 3.05) is 13.7 Å². The summed E-state index contributed by atoms with van der Waals surface area (Å²) < 4.78 is 47.5. The lowest BCUT2D eigenvalue weighted by atomic mass is 9.81. The van der Waals surface area contributed by atoms with Crippen LogP contribution in [0.5, 0.6) is 0 Å². The first-order valence-corrected chi connectivity index (χ1v) is 15.4. The van der Waals surface area contributed by atoms with Crippen LogP contribution in [0.4, 0.5) is 0 Å². The Labute approximate surface area is 251 Å². The van der Waals surface area contributed by atoms with Gasteiger partial charge in [-0.15, -0.1) is 0 Å². The van der Waals surface area contributed by atoms with Crippen LogP contribution in [0.3, 0.4) is 0 Å². The van der Waals surface area contributed by atoms with Crippen LogP contribution >= 0.6 is 0 Å². The summed E-state index contributed by atoms with van der Waals surface area (Å²) in [5.74, 6) is 0.449. The summed E-state index contributed by atoms with van der Waals surface area (Å²) in [4.78, 5) is 4.60. The number of benzene rings is 3. The van der Waals surface area contributed by atoms with E-state index in [2.05, 4.69) is 36.1 Å². The van der Waals surface area contributed by atoms with Gasteiger partial charge in [0.1, 0.15) is 5.69 Å². The zero-order chi connectivity index (χ0) is 30.6. The predicted molar refractivity (Wildman–Crippen MR) is 161 cm³/mol. The van der Waals surface area contributed by atoms with Crippen molar-refractivity contribution in [1.29, 1.82) is 0 Å². The molecule has 0 amide bonds. The second kappa shape index (κ2) is 12.8. The fourth-order valence-electron chi connectivity index (χ4n) is 5.60. The number of primary sulfonamides is 1. The van der Waals surface area contributed by atoms with Crippen molar-refractivity contribution in [3.05, 3.63) is 95.9 Å². The van der Waals surface area contributed by atoms with Gasteiger partial charge in [0, 0.05) is 31.1 Å². The van der Waals surface area contributed by atoms with Crippen molar-refractivity contribution < 1.29 is 32.3 Å². The third kappa shape index (κ3) is 6.87. The molecule has 2 heterocycles. The summed E-state index contributed by atoms with van der Waals surface area (Å²) in [5, 5.41) is 18.5. The van der Waals surface area contributed by atoms with E-state index in [1.165, 1.54) is 12.1 Å². The monoisotopic (exact) mass is 605 g/mol. The molecule has 1 aliphatic rings. The summed E-state index contributed by atoms with van der Waals surface area (Å²) in [7, 11) is -2.12. The maximum Gasteiger partial charge on any atom is 0.247 e. The van der Waals surface area contributed by atoms with E-state index in [9.17, 15) is 13.6 Å². The van der Waals surface area contributed by atoms with E-state index in [1.807, 2.05) is 42.5 Å². The first kappa shape index (κ1) is 30.6. The third-order valence-electron chi connectivity index (χ3n) is 7.54. The third-order valence-corrected chi connectivity index (χ3v) is 8.47. The molecule has 2 atom stereocenters. The number of methoxy groups -OCH3 is 1. The molecule has 226 valence electrons. The lowest BCUT2D eigenvalue weighted by Gasteiger charge is -2.42. The van der Waals surface area contributed by atoms with Crippen molar-refractivity contribution in [3.63, 3.8) is 0 Å². The molecule has 43 heavy (non-hydrogen) atoms. The molecule has 5 rings (SSSR count). The van der Waals surface area contributed by atoms with E-state index in [1.54, 1.807) is 19.2 Å². The fourth-order valence-corrected chi connectivity index (χ4v) is 6.11. The summed E-state index contributed by atoms with van der Waals surface area (Å²) in [6.45, 7) is 4.30. The van der Waals surface area contributed by atoms with Crippen LogP contribution < -0.4 is 5.14 Å². The highest BCUT2D eigenvalue weighted by atomic mass is 32.2. The molecule has 0 bridgehead atoms. The lowest BCUT2D eigenvalue weighted by Crippen LogP contribution is -2.42. The Bertz CT molecular complexity index is 1680. The number of aromatic nitrogens is 1. The molecule has 1 aliphatic heterocycles.